The Balaban J connectivity index is 1.49. The van der Waals surface area contributed by atoms with E-state index < -0.39 is 12.5 Å². The summed E-state index contributed by atoms with van der Waals surface area (Å²) in [5.41, 5.74) is 6.03. The van der Waals surface area contributed by atoms with Crippen molar-refractivity contribution in [2.75, 3.05) is 43.8 Å². The summed E-state index contributed by atoms with van der Waals surface area (Å²) in [6.07, 6.45) is -0.875. The van der Waals surface area contributed by atoms with Crippen LogP contribution < -0.4 is 11.1 Å². The molecule has 0 aliphatic carbocycles. The molecule has 0 bridgehead atoms. The van der Waals surface area contributed by atoms with Gasteiger partial charge in [0.05, 0.1) is 12.8 Å². The lowest BCUT2D eigenvalue weighted by molar-refractivity contribution is -0.134. The second-order valence-electron chi connectivity index (χ2n) is 7.91. The van der Waals surface area contributed by atoms with Crippen molar-refractivity contribution in [1.82, 2.24) is 34.4 Å². The summed E-state index contributed by atoms with van der Waals surface area (Å²) in [7, 11) is 0. The molecule has 3 aromatic heterocycles. The van der Waals surface area contributed by atoms with Crippen LogP contribution in [0.1, 0.15) is 13.8 Å². The van der Waals surface area contributed by atoms with Crippen molar-refractivity contribution in [2.24, 2.45) is 5.92 Å². The van der Waals surface area contributed by atoms with Crippen LogP contribution in [0.3, 0.4) is 0 Å². The largest absolute Gasteiger partial charge is 0.461 e. The fourth-order valence-corrected chi connectivity index (χ4v) is 3.58. The number of carbonyl (C=O) groups excluding carboxylic acids is 1. The van der Waals surface area contributed by atoms with Gasteiger partial charge in [-0.3, -0.25) is 9.69 Å². The number of carbonyl (C=O) groups is 1. The first-order valence-electron chi connectivity index (χ1n) is 10.3. The Hall–Kier alpha value is -3.35. The summed E-state index contributed by atoms with van der Waals surface area (Å²) in [6, 6.07) is 2.81. The average Bonchev–Trinajstić information content (AvgIpc) is 3.41. The summed E-state index contributed by atoms with van der Waals surface area (Å²) in [5.74, 6) is 0.963. The molecule has 1 aliphatic rings. The highest BCUT2D eigenvalue weighted by Crippen LogP contribution is 2.19. The molecule has 1 atom stereocenters. The molecular formula is C19H25F2N9O2. The number of fused-ring (bicyclic) bond motifs is 1. The van der Waals surface area contributed by atoms with Gasteiger partial charge < -0.3 is 20.4 Å². The number of nitrogens with two attached hydrogens (primary N) is 1. The van der Waals surface area contributed by atoms with Crippen LogP contribution >= 0.6 is 0 Å². The molecule has 1 amide bonds. The van der Waals surface area contributed by atoms with Gasteiger partial charge in [0.15, 0.2) is 5.76 Å². The van der Waals surface area contributed by atoms with E-state index >= 15 is 0 Å². The van der Waals surface area contributed by atoms with Crippen molar-refractivity contribution < 1.29 is 18.0 Å². The number of nitrogen functional groups attached to an aromatic ring is 1. The molecule has 1 aliphatic heterocycles. The Morgan fingerprint density at radius 1 is 1.22 bits per heavy atom. The standard InChI is InChI=1S/C19H25F2N9O2/c1-11(2)14(16(31)29-7-5-28(6-8-29)10-13(20)21)23-18-25-17(22)30-19(26-18)24-15(27-30)12-4-3-9-32-12/h3-4,9,11,13-14H,5-8,10H2,1-2H3,(H3,22,23,24,25,26,27)/t14-/m0/s1. The van der Waals surface area contributed by atoms with E-state index in [4.69, 9.17) is 10.2 Å². The van der Waals surface area contributed by atoms with Crippen molar-refractivity contribution in [2.45, 2.75) is 26.3 Å². The van der Waals surface area contributed by atoms with Crippen molar-refractivity contribution in [3.8, 4) is 11.6 Å². The van der Waals surface area contributed by atoms with Gasteiger partial charge in [0.25, 0.3) is 12.2 Å². The number of aromatic nitrogens is 5. The third-order valence-corrected chi connectivity index (χ3v) is 5.27. The van der Waals surface area contributed by atoms with Crippen molar-refractivity contribution in [3.05, 3.63) is 18.4 Å². The second-order valence-corrected chi connectivity index (χ2v) is 7.91. The number of furan rings is 1. The molecule has 1 fully saturated rings. The summed E-state index contributed by atoms with van der Waals surface area (Å²) in [4.78, 5) is 29.4. The smallest absolute Gasteiger partial charge is 0.259 e. The fraction of sp³-hybridized carbons (Fsp3) is 0.526. The second kappa shape index (κ2) is 9.02. The summed E-state index contributed by atoms with van der Waals surface area (Å²) >= 11 is 0. The Bertz CT molecular complexity index is 1060. The van der Waals surface area contributed by atoms with Crippen molar-refractivity contribution in [1.29, 1.82) is 0 Å². The molecule has 0 unspecified atom stereocenters. The monoisotopic (exact) mass is 449 g/mol. The normalized spacial score (nSPS) is 16.2. The predicted molar refractivity (Wildman–Crippen MR) is 112 cm³/mol. The minimum atomic E-state index is -2.38. The molecule has 4 rings (SSSR count). The number of rotatable bonds is 7. The Labute approximate surface area is 182 Å². The lowest BCUT2D eigenvalue weighted by atomic mass is 10.0. The first kappa shape index (κ1) is 21.9. The maximum absolute atomic E-state index is 13.1. The van der Waals surface area contributed by atoms with Crippen LogP contribution in [-0.4, -0.2) is 85.5 Å². The van der Waals surface area contributed by atoms with Gasteiger partial charge in [0.2, 0.25) is 23.6 Å². The van der Waals surface area contributed by atoms with Gasteiger partial charge in [-0.15, -0.1) is 5.10 Å². The van der Waals surface area contributed by atoms with Gasteiger partial charge in [0.1, 0.15) is 6.04 Å². The molecular weight excluding hydrogens is 424 g/mol. The lowest BCUT2D eigenvalue weighted by Gasteiger charge is -2.37. The summed E-state index contributed by atoms with van der Waals surface area (Å²) in [6.45, 7) is 5.11. The van der Waals surface area contributed by atoms with Crippen molar-refractivity contribution >= 4 is 23.6 Å². The van der Waals surface area contributed by atoms with Gasteiger partial charge in [-0.05, 0) is 18.1 Å². The van der Waals surface area contributed by atoms with E-state index in [1.807, 2.05) is 13.8 Å². The molecule has 172 valence electrons. The van der Waals surface area contributed by atoms with E-state index in [2.05, 4.69) is 25.4 Å². The zero-order valence-corrected chi connectivity index (χ0v) is 17.8. The third kappa shape index (κ3) is 4.61. The number of nitrogens with one attached hydrogen (secondary N) is 1. The van der Waals surface area contributed by atoms with Crippen molar-refractivity contribution in [3.63, 3.8) is 0 Å². The highest BCUT2D eigenvalue weighted by molar-refractivity contribution is 5.84. The number of anilines is 2. The lowest BCUT2D eigenvalue weighted by Crippen LogP contribution is -2.54. The van der Waals surface area contributed by atoms with Crippen LogP contribution in [0.25, 0.3) is 17.4 Å². The molecule has 0 saturated carbocycles. The third-order valence-electron chi connectivity index (χ3n) is 5.27. The number of halogens is 2. The number of hydrogen-bond acceptors (Lipinski definition) is 9. The maximum atomic E-state index is 13.1. The van der Waals surface area contributed by atoms with E-state index in [-0.39, 0.29) is 36.0 Å². The van der Waals surface area contributed by atoms with Gasteiger partial charge in [-0.2, -0.15) is 19.5 Å². The molecule has 4 heterocycles. The Kier molecular flexibility index (Phi) is 6.17. The van der Waals surface area contributed by atoms with Gasteiger partial charge in [-0.25, -0.2) is 8.78 Å². The minimum absolute atomic E-state index is 0.0541. The number of alkyl halides is 2. The number of piperazine rings is 1. The van der Waals surface area contributed by atoms with Crippen LogP contribution in [0, 0.1) is 5.92 Å². The first-order valence-corrected chi connectivity index (χ1v) is 10.3. The first-order chi connectivity index (χ1) is 15.3. The number of nitrogens with zero attached hydrogens (tertiary/aromatic N) is 7. The molecule has 0 aromatic carbocycles. The quantitative estimate of drug-likeness (QED) is 0.546. The number of amides is 1. The van der Waals surface area contributed by atoms with Gasteiger partial charge in [0, 0.05) is 26.2 Å². The molecule has 11 nitrogen and oxygen atoms in total. The molecule has 0 spiro atoms. The molecule has 1 saturated heterocycles. The van der Waals surface area contributed by atoms with Crippen LogP contribution in [0.4, 0.5) is 20.7 Å². The Morgan fingerprint density at radius 3 is 2.59 bits per heavy atom. The topological polar surface area (TPSA) is 131 Å². The fourth-order valence-electron chi connectivity index (χ4n) is 3.58. The van der Waals surface area contributed by atoms with E-state index in [1.54, 1.807) is 21.9 Å². The van der Waals surface area contributed by atoms with E-state index in [0.717, 1.165) is 0 Å². The number of hydrogen-bond donors (Lipinski definition) is 2. The minimum Gasteiger partial charge on any atom is -0.461 e. The molecule has 3 aromatic rings. The highest BCUT2D eigenvalue weighted by atomic mass is 19.3. The van der Waals surface area contributed by atoms with Crippen LogP contribution in [-0.2, 0) is 4.79 Å². The maximum Gasteiger partial charge on any atom is 0.259 e. The van der Waals surface area contributed by atoms with E-state index in [1.165, 1.54) is 10.8 Å². The average molecular weight is 449 g/mol. The zero-order chi connectivity index (χ0) is 22.8. The van der Waals surface area contributed by atoms with E-state index in [9.17, 15) is 13.6 Å². The molecule has 13 heteroatoms. The van der Waals surface area contributed by atoms with Crippen LogP contribution in [0.2, 0.25) is 0 Å². The summed E-state index contributed by atoms with van der Waals surface area (Å²) < 4.78 is 31.8. The van der Waals surface area contributed by atoms with Gasteiger partial charge >= 0.3 is 0 Å². The molecule has 32 heavy (non-hydrogen) atoms. The molecule has 3 N–H and O–H groups in total. The van der Waals surface area contributed by atoms with E-state index in [0.29, 0.717) is 37.8 Å². The predicted octanol–water partition coefficient (Wildman–Crippen LogP) is 1.21. The summed E-state index contributed by atoms with van der Waals surface area (Å²) in [5, 5.41) is 7.31. The molecule has 0 radical (unpaired) electrons. The van der Waals surface area contributed by atoms with Crippen LogP contribution in [0.15, 0.2) is 22.8 Å². The Morgan fingerprint density at radius 2 is 1.97 bits per heavy atom. The van der Waals surface area contributed by atoms with Crippen LogP contribution in [0.5, 0.6) is 0 Å². The zero-order valence-electron chi connectivity index (χ0n) is 17.8. The SMILES string of the molecule is CC(C)[C@H](Nc1nc(N)n2nc(-c3ccco3)nc2n1)C(=O)N1CCN(CC(F)F)CC1. The highest BCUT2D eigenvalue weighted by Gasteiger charge is 2.31. The van der Waals surface area contributed by atoms with Gasteiger partial charge in [-0.1, -0.05) is 13.8 Å².